The molecule has 7 heteroatoms. The van der Waals surface area contributed by atoms with Gasteiger partial charge in [-0.05, 0) is 18.8 Å². The van der Waals surface area contributed by atoms with Crippen molar-refractivity contribution in [1.82, 2.24) is 10.6 Å². The number of carboxylic acid groups (broad SMARTS) is 1. The molecule has 1 amide bonds. The SMILES string of the molecule is CCC(CC)C[C@H](NC(C)=O)[C@@H]1N[C@@H](C(=O)O)C[C@H]1CO.Cl. The first-order chi connectivity index (χ1) is 9.92. The summed E-state index contributed by atoms with van der Waals surface area (Å²) in [4.78, 5) is 22.6. The molecule has 6 nitrogen and oxygen atoms in total. The Labute approximate surface area is 138 Å². The van der Waals surface area contributed by atoms with Gasteiger partial charge in [-0.25, -0.2) is 0 Å². The van der Waals surface area contributed by atoms with Crippen LogP contribution >= 0.6 is 12.4 Å². The quantitative estimate of drug-likeness (QED) is 0.533. The maximum Gasteiger partial charge on any atom is 0.320 e. The number of halogens is 1. The van der Waals surface area contributed by atoms with Crippen LogP contribution in [0.4, 0.5) is 0 Å². The van der Waals surface area contributed by atoms with Gasteiger partial charge in [0.05, 0.1) is 0 Å². The van der Waals surface area contributed by atoms with Crippen molar-refractivity contribution in [3.05, 3.63) is 0 Å². The third-order valence-electron chi connectivity index (χ3n) is 4.54. The molecule has 22 heavy (non-hydrogen) atoms. The maximum absolute atomic E-state index is 11.5. The second-order valence-corrected chi connectivity index (χ2v) is 5.99. The molecule has 130 valence electrons. The molecule has 0 aromatic rings. The molecule has 1 rings (SSSR count). The van der Waals surface area contributed by atoms with Crippen LogP contribution in [0.3, 0.4) is 0 Å². The summed E-state index contributed by atoms with van der Waals surface area (Å²) in [6, 6.07) is -0.986. The van der Waals surface area contributed by atoms with Gasteiger partial charge in [-0.3, -0.25) is 14.9 Å². The fourth-order valence-corrected chi connectivity index (χ4v) is 3.23. The Morgan fingerprint density at radius 1 is 1.32 bits per heavy atom. The van der Waals surface area contributed by atoms with Crippen molar-refractivity contribution in [3.8, 4) is 0 Å². The van der Waals surface area contributed by atoms with Gasteiger partial charge in [0, 0.05) is 31.5 Å². The topological polar surface area (TPSA) is 98.7 Å². The second-order valence-electron chi connectivity index (χ2n) is 5.99. The highest BCUT2D eigenvalue weighted by atomic mass is 35.5. The normalized spacial score (nSPS) is 25.6. The zero-order chi connectivity index (χ0) is 16.0. The summed E-state index contributed by atoms with van der Waals surface area (Å²) in [7, 11) is 0. The van der Waals surface area contributed by atoms with Crippen molar-refractivity contribution < 1.29 is 19.8 Å². The zero-order valence-corrected chi connectivity index (χ0v) is 14.4. The van der Waals surface area contributed by atoms with Crippen molar-refractivity contribution >= 4 is 24.3 Å². The average molecular weight is 337 g/mol. The van der Waals surface area contributed by atoms with Crippen molar-refractivity contribution in [1.29, 1.82) is 0 Å². The molecule has 1 fully saturated rings. The van der Waals surface area contributed by atoms with E-state index in [2.05, 4.69) is 24.5 Å². The van der Waals surface area contributed by atoms with Crippen molar-refractivity contribution in [2.24, 2.45) is 11.8 Å². The van der Waals surface area contributed by atoms with Gasteiger partial charge < -0.3 is 15.5 Å². The van der Waals surface area contributed by atoms with E-state index < -0.39 is 12.0 Å². The Bertz CT molecular complexity index is 363. The maximum atomic E-state index is 11.5. The van der Waals surface area contributed by atoms with Crippen LogP contribution in [0.2, 0.25) is 0 Å². The number of carbonyl (C=O) groups excluding carboxylic acids is 1. The van der Waals surface area contributed by atoms with Gasteiger partial charge in [0.2, 0.25) is 5.91 Å². The van der Waals surface area contributed by atoms with Gasteiger partial charge in [-0.15, -0.1) is 12.4 Å². The van der Waals surface area contributed by atoms with Crippen molar-refractivity contribution in [2.75, 3.05) is 6.61 Å². The summed E-state index contributed by atoms with van der Waals surface area (Å²) >= 11 is 0. The lowest BCUT2D eigenvalue weighted by Crippen LogP contribution is -2.52. The minimum absolute atomic E-state index is 0. The zero-order valence-electron chi connectivity index (χ0n) is 13.5. The molecular weight excluding hydrogens is 308 g/mol. The highest BCUT2D eigenvalue weighted by Crippen LogP contribution is 2.27. The number of aliphatic carboxylic acids is 1. The number of aliphatic hydroxyl groups is 1. The highest BCUT2D eigenvalue weighted by Gasteiger charge is 2.41. The summed E-state index contributed by atoms with van der Waals surface area (Å²) in [5.41, 5.74) is 0. The lowest BCUT2D eigenvalue weighted by molar-refractivity contribution is -0.139. The number of aliphatic hydroxyl groups excluding tert-OH is 1. The van der Waals surface area contributed by atoms with E-state index in [4.69, 9.17) is 5.11 Å². The summed E-state index contributed by atoms with van der Waals surface area (Å²) in [6.07, 6.45) is 3.24. The van der Waals surface area contributed by atoms with Crippen molar-refractivity contribution in [3.63, 3.8) is 0 Å². The smallest absolute Gasteiger partial charge is 0.320 e. The van der Waals surface area contributed by atoms with E-state index in [0.29, 0.717) is 12.3 Å². The summed E-state index contributed by atoms with van der Waals surface area (Å²) in [5.74, 6) is -0.688. The molecule has 4 N–H and O–H groups in total. The number of carbonyl (C=O) groups is 2. The van der Waals surface area contributed by atoms with Crippen LogP contribution in [-0.4, -0.2) is 46.8 Å². The number of hydrogen-bond acceptors (Lipinski definition) is 4. The van der Waals surface area contributed by atoms with Gasteiger partial charge >= 0.3 is 5.97 Å². The Balaban J connectivity index is 0.00000441. The number of rotatable bonds is 8. The van der Waals surface area contributed by atoms with E-state index in [0.717, 1.165) is 19.3 Å². The van der Waals surface area contributed by atoms with Crippen LogP contribution in [-0.2, 0) is 9.59 Å². The molecule has 0 spiro atoms. The molecule has 0 aliphatic carbocycles. The first kappa shape index (κ1) is 21.1. The van der Waals surface area contributed by atoms with E-state index >= 15 is 0 Å². The minimum atomic E-state index is -0.903. The lowest BCUT2D eigenvalue weighted by atomic mass is 9.86. The fourth-order valence-electron chi connectivity index (χ4n) is 3.23. The molecule has 0 aromatic carbocycles. The van der Waals surface area contributed by atoms with E-state index in [-0.39, 0.29) is 42.9 Å². The lowest BCUT2D eigenvalue weighted by Gasteiger charge is -2.31. The Kier molecular flexibility index (Phi) is 9.64. The molecule has 1 aliphatic heterocycles. The molecular formula is C15H29ClN2O4. The summed E-state index contributed by atoms with van der Waals surface area (Å²) < 4.78 is 0. The Morgan fingerprint density at radius 3 is 2.32 bits per heavy atom. The Morgan fingerprint density at radius 2 is 1.91 bits per heavy atom. The molecule has 0 unspecified atom stereocenters. The number of hydrogen-bond donors (Lipinski definition) is 4. The van der Waals surface area contributed by atoms with Crippen molar-refractivity contribution in [2.45, 2.75) is 64.6 Å². The summed E-state index contributed by atoms with van der Waals surface area (Å²) in [6.45, 7) is 5.63. The van der Waals surface area contributed by atoms with Gasteiger partial charge in [0.15, 0.2) is 0 Å². The molecule has 0 radical (unpaired) electrons. The molecule has 0 saturated carbocycles. The standard InChI is InChI=1S/C15H28N2O4.ClH/c1-4-10(5-2)6-12(16-9(3)19)14-11(8-18)7-13(17-14)15(20)21;/h10-14,17-18H,4-8H2,1-3H3,(H,16,19)(H,20,21);1H/t11-,12-,13+,14+;/m0./s1. The van der Waals surface area contributed by atoms with E-state index in [1.807, 2.05) is 0 Å². The molecule has 0 aromatic heterocycles. The van der Waals surface area contributed by atoms with Gasteiger partial charge in [0.1, 0.15) is 6.04 Å². The minimum Gasteiger partial charge on any atom is -0.480 e. The fraction of sp³-hybridized carbons (Fsp3) is 0.867. The van der Waals surface area contributed by atoms with Crippen LogP contribution in [0.1, 0.15) is 46.5 Å². The van der Waals surface area contributed by atoms with Gasteiger partial charge in [0.25, 0.3) is 0 Å². The van der Waals surface area contributed by atoms with E-state index in [1.54, 1.807) is 0 Å². The van der Waals surface area contributed by atoms with Crippen LogP contribution in [0, 0.1) is 11.8 Å². The predicted octanol–water partition coefficient (Wildman–Crippen LogP) is 1.16. The van der Waals surface area contributed by atoms with Crippen LogP contribution in [0.5, 0.6) is 0 Å². The molecule has 4 atom stereocenters. The van der Waals surface area contributed by atoms with Gasteiger partial charge in [-0.1, -0.05) is 26.7 Å². The monoisotopic (exact) mass is 336 g/mol. The molecule has 0 bridgehead atoms. The van der Waals surface area contributed by atoms with Crippen LogP contribution in [0.15, 0.2) is 0 Å². The number of carboxylic acids is 1. The van der Waals surface area contributed by atoms with Crippen LogP contribution < -0.4 is 10.6 Å². The average Bonchev–Trinajstić information content (AvgIpc) is 2.87. The first-order valence-corrected chi connectivity index (χ1v) is 7.79. The molecule has 1 saturated heterocycles. The van der Waals surface area contributed by atoms with E-state index in [9.17, 15) is 14.7 Å². The number of amides is 1. The third-order valence-corrected chi connectivity index (χ3v) is 4.54. The first-order valence-electron chi connectivity index (χ1n) is 7.79. The van der Waals surface area contributed by atoms with Crippen LogP contribution in [0.25, 0.3) is 0 Å². The predicted molar refractivity (Wildman–Crippen MR) is 87.1 cm³/mol. The second kappa shape index (κ2) is 10.0. The summed E-state index contributed by atoms with van der Waals surface area (Å²) in [5, 5.41) is 24.7. The third kappa shape index (κ3) is 5.74. The molecule has 1 heterocycles. The largest absolute Gasteiger partial charge is 0.480 e. The molecule has 1 aliphatic rings. The van der Waals surface area contributed by atoms with E-state index in [1.165, 1.54) is 6.92 Å². The highest BCUT2D eigenvalue weighted by molar-refractivity contribution is 5.85. The Hall–Kier alpha value is -0.850. The number of nitrogens with one attached hydrogen (secondary N) is 2. The van der Waals surface area contributed by atoms with Gasteiger partial charge in [-0.2, -0.15) is 0 Å².